The summed E-state index contributed by atoms with van der Waals surface area (Å²) in [6, 6.07) is 0. The highest BCUT2D eigenvalue weighted by Gasteiger charge is 2.04. The van der Waals surface area contributed by atoms with Crippen molar-refractivity contribution in [1.82, 2.24) is 39.9 Å². The lowest BCUT2D eigenvalue weighted by atomic mass is 10.4. The lowest BCUT2D eigenvalue weighted by molar-refractivity contribution is -0.137. The number of ether oxygens (including phenoxy) is 2. The first-order valence-corrected chi connectivity index (χ1v) is 12.8. The van der Waals surface area contributed by atoms with Crippen LogP contribution in [0.25, 0.3) is 0 Å². The highest BCUT2D eigenvalue weighted by Crippen LogP contribution is 2.07. The van der Waals surface area contributed by atoms with Crippen LogP contribution >= 0.6 is 9.73 Å². The third-order valence-corrected chi connectivity index (χ3v) is 4.51. The van der Waals surface area contributed by atoms with Gasteiger partial charge in [-0.1, -0.05) is 29.0 Å². The molecule has 4 rings (SSSR count). The van der Waals surface area contributed by atoms with Gasteiger partial charge in [0, 0.05) is 16.0 Å². The number of carbonyl (C=O) groups is 4. The molecule has 19 nitrogen and oxygen atoms in total. The average Bonchev–Trinajstić information content (AvgIpc) is 3.15. The van der Waals surface area contributed by atoms with Gasteiger partial charge in [0.1, 0.15) is 42.6 Å². The standard InChI is InChI=1S/C8H10N2O2.C7H8N2O3.2C6H6N2O3.3CH4.H3P.2H/c1-3-8(11)12-7-4-9-6(2)10-5-7;1-12-5-3-8-6(9-4-5)2-7(10)11;2*9-4-2-7-5(8-3-4)1-6(10)11;;;;;;/h4-5H,3H2,1-2H3;3-4H,2H2,1H3,(H,10,11);2*2-3,9H,1H2,(H,10,11);3*1H4;1H3;;/q;;;;;;;;2*-1/i;;;;1D3;2*1D2;1D3;2*1+1. The molecule has 0 saturated carbocycles. The number of esters is 1. The fraction of sp³-hybridized carbons (Fsp3) is 0.333. The van der Waals surface area contributed by atoms with Crippen LogP contribution in [-0.2, 0) is 38.4 Å². The highest BCUT2D eigenvalue weighted by molar-refractivity contribution is 6.92. The molecule has 0 aliphatic rings. The van der Waals surface area contributed by atoms with E-state index in [-0.39, 0.29) is 71.8 Å². The molecule has 280 valence electrons. The van der Waals surface area contributed by atoms with Crippen molar-refractivity contribution in [3.8, 4) is 23.0 Å². The van der Waals surface area contributed by atoms with Crippen molar-refractivity contribution in [2.75, 3.05) is 7.11 Å². The molecule has 0 amide bonds. The Morgan fingerprint density at radius 2 is 1.02 bits per heavy atom. The van der Waals surface area contributed by atoms with Gasteiger partial charge in [-0.3, -0.25) is 19.2 Å². The molecule has 0 spiro atoms. The summed E-state index contributed by atoms with van der Waals surface area (Å²) in [5.74, 6) is -1.11. The molecule has 4 aromatic rings. The number of rotatable bonds is 9. The lowest BCUT2D eigenvalue weighted by Gasteiger charge is -2.00. The molecule has 0 aromatic carbocycles. The molecule has 4 aromatic heterocycles. The predicted octanol–water partition coefficient (Wildman–Crippen LogP) is 3.02. The van der Waals surface area contributed by atoms with Gasteiger partial charge in [-0.2, -0.15) is 9.73 Å². The Labute approximate surface area is 309 Å². The van der Waals surface area contributed by atoms with Crippen LogP contribution in [0.5, 0.6) is 23.0 Å². The van der Waals surface area contributed by atoms with Crippen molar-refractivity contribution in [2.24, 2.45) is 0 Å². The van der Waals surface area contributed by atoms with E-state index in [1.807, 2.05) is 0 Å². The summed E-state index contributed by atoms with van der Waals surface area (Å²) in [5.41, 5.74) is 0. The molecule has 0 unspecified atom stereocenters. The average molecular weight is 739 g/mol. The van der Waals surface area contributed by atoms with Gasteiger partial charge in [0.15, 0.2) is 23.0 Å². The molecular weight excluding hydrogens is 679 g/mol. The molecule has 20 heteroatoms. The van der Waals surface area contributed by atoms with Crippen LogP contribution in [0.1, 0.15) is 71.2 Å². The van der Waals surface area contributed by atoms with E-state index in [4.69, 9.17) is 48.4 Å². The second-order valence-electron chi connectivity index (χ2n) is 8.26. The highest BCUT2D eigenvalue weighted by atomic mass is 31.0. The zero-order valence-electron chi connectivity index (χ0n) is 39.1. The molecule has 0 bridgehead atoms. The summed E-state index contributed by atoms with van der Waals surface area (Å²) in [6.07, 6.45) is 10.2. The number of aromatic hydroxyl groups is 2. The van der Waals surface area contributed by atoms with Crippen LogP contribution in [0.3, 0.4) is 0 Å². The minimum absolute atomic E-state index is 0. The largest absolute Gasteiger partial charge is 1.00 e. The first kappa shape index (κ1) is 32.6. The molecule has 50 heavy (non-hydrogen) atoms. The van der Waals surface area contributed by atoms with Crippen molar-refractivity contribution in [3.63, 3.8) is 0 Å². The number of carboxylic acid groups (broad SMARTS) is 3. The van der Waals surface area contributed by atoms with Gasteiger partial charge >= 0.3 is 23.9 Å². The van der Waals surface area contributed by atoms with Gasteiger partial charge in [-0.05, 0) is 6.92 Å². The Balaban J connectivity index is -0.000000152. The molecule has 5 N–H and O–H groups in total. The monoisotopic (exact) mass is 738 g/mol. The number of aromatic nitrogens is 8. The van der Waals surface area contributed by atoms with Gasteiger partial charge in [-0.15, -0.1) is 0 Å². The minimum Gasteiger partial charge on any atom is -1.00 e. The van der Waals surface area contributed by atoms with Crippen LogP contribution in [-0.4, -0.2) is 100 Å². The molecule has 0 aliphatic carbocycles. The number of hydrogen-bond donors (Lipinski definition) is 5. The normalized spacial score (nSPS) is 11.1. The number of nitrogens with zero attached hydrogens (tertiary/aromatic N) is 8. The Morgan fingerprint density at radius 3 is 1.30 bits per heavy atom. The van der Waals surface area contributed by atoms with Crippen LogP contribution < -0.4 is 9.47 Å². The SMILES string of the molecule is CCC(=O)Oc1cnc(C)nc1.COc1cnc(CC(=O)O)nc1.O=C(O)Cc1ncc(O)cn1.O=C(O)Cc1ncc(O)cn1.[2H-].[2H-].[2H]C([2H])[2H].[2H]C[2H].[2H]C[2H].[2H]P([2H])[2H]. The van der Waals surface area contributed by atoms with Crippen molar-refractivity contribution >= 4 is 33.6 Å². The molecular formula is C30H47N8O11P-2. The summed E-state index contributed by atoms with van der Waals surface area (Å²) in [6.45, 7) is 3.50. The summed E-state index contributed by atoms with van der Waals surface area (Å²) in [5, 5.41) is 42.4. The van der Waals surface area contributed by atoms with Crippen molar-refractivity contribution in [2.45, 2.75) is 61.6 Å². The third kappa shape index (κ3) is 24.2. The topological polar surface area (TPSA) is 291 Å². The first-order chi connectivity index (χ1) is 28.1. The zero-order chi connectivity index (χ0) is 47.1. The Kier molecular flexibility index (Phi) is 18.3. The van der Waals surface area contributed by atoms with Gasteiger partial charge < -0.3 is 37.9 Å². The third-order valence-electron chi connectivity index (χ3n) is 4.51. The van der Waals surface area contributed by atoms with Crippen molar-refractivity contribution in [1.29, 1.82) is 3.84 Å². The van der Waals surface area contributed by atoms with Gasteiger partial charge in [0.05, 0.1) is 60.5 Å². The predicted molar refractivity (Wildman–Crippen MR) is 186 cm³/mol. The van der Waals surface area contributed by atoms with Crippen molar-refractivity contribution in [3.05, 3.63) is 72.9 Å². The van der Waals surface area contributed by atoms with E-state index in [0.717, 1.165) is 24.8 Å². The molecule has 0 aliphatic heterocycles. The van der Waals surface area contributed by atoms with Gasteiger partial charge in [-0.25, -0.2) is 39.9 Å². The maximum Gasteiger partial charge on any atom is 0.311 e. The molecule has 0 saturated heterocycles. The zero-order valence-corrected chi connectivity index (χ0v) is 28.0. The minimum atomic E-state index is -1.87. The molecule has 0 atom stereocenters. The van der Waals surface area contributed by atoms with Gasteiger partial charge in [0.2, 0.25) is 0 Å². The fourth-order valence-corrected chi connectivity index (χ4v) is 2.46. The number of aliphatic carboxylic acids is 3. The Hall–Kier alpha value is -5.97. The first-order valence-electron chi connectivity index (χ1n) is 18.7. The van der Waals surface area contributed by atoms with E-state index < -0.39 is 35.0 Å². The van der Waals surface area contributed by atoms with Crippen LogP contribution in [0.15, 0.2) is 49.6 Å². The summed E-state index contributed by atoms with van der Waals surface area (Å²) in [4.78, 5) is 70.8. The second kappa shape index (κ2) is 28.1. The van der Waals surface area contributed by atoms with Crippen LogP contribution in [0, 0.1) is 6.92 Å². The molecule has 0 fully saturated rings. The smallest absolute Gasteiger partial charge is 0.311 e. The van der Waals surface area contributed by atoms with Crippen molar-refractivity contribution < 1.29 is 66.6 Å². The maximum absolute atomic E-state index is 10.8. The van der Waals surface area contributed by atoms with E-state index in [0.29, 0.717) is 23.7 Å². The summed E-state index contributed by atoms with van der Waals surface area (Å²) in [7, 11) is -2.29. The fourth-order valence-electron chi connectivity index (χ4n) is 2.46. The van der Waals surface area contributed by atoms with Crippen LogP contribution in [0.2, 0.25) is 0 Å². The van der Waals surface area contributed by atoms with E-state index in [9.17, 15) is 19.2 Å². The number of methoxy groups -OCH3 is 1. The maximum atomic E-state index is 10.8. The summed E-state index contributed by atoms with van der Waals surface area (Å²) < 4.78 is 68.9. The van der Waals surface area contributed by atoms with Crippen LogP contribution in [0.4, 0.5) is 0 Å². The number of carbonyl (C=O) groups excluding carboxylic acids is 1. The van der Waals surface area contributed by atoms with E-state index >= 15 is 0 Å². The lowest BCUT2D eigenvalue weighted by Crippen LogP contribution is -2.06. The quantitative estimate of drug-likeness (QED) is 0.122. The Bertz CT molecular complexity index is 1630. The number of aryl methyl sites for hydroxylation is 1. The second-order valence-corrected chi connectivity index (χ2v) is 8.26. The van der Waals surface area contributed by atoms with Gasteiger partial charge in [0.25, 0.3) is 0 Å². The van der Waals surface area contributed by atoms with E-state index in [2.05, 4.69) is 39.9 Å². The molecule has 0 radical (unpaired) electrons. The molecule has 4 heterocycles. The number of hydrogen-bond acceptors (Lipinski definition) is 16. The van der Waals surface area contributed by atoms with E-state index in [1.165, 1.54) is 31.9 Å². The van der Waals surface area contributed by atoms with E-state index in [1.54, 1.807) is 13.8 Å². The summed E-state index contributed by atoms with van der Waals surface area (Å²) >= 11 is 0. The number of carboxylic acids is 3. The Morgan fingerprint density at radius 1 is 0.720 bits per heavy atom.